The molecule has 0 amide bonds. The minimum absolute atomic E-state index is 0.0259. The van der Waals surface area contributed by atoms with Crippen molar-refractivity contribution in [2.75, 3.05) is 26.3 Å². The molecule has 2 heterocycles. The molecule has 4 heteroatoms. The first kappa shape index (κ1) is 12.7. The number of ether oxygens (including phenoxy) is 1. The third-order valence-corrected chi connectivity index (χ3v) is 3.92. The Morgan fingerprint density at radius 3 is 2.68 bits per heavy atom. The van der Waals surface area contributed by atoms with E-state index < -0.39 is 6.23 Å². The molecule has 0 spiro atoms. The Kier molecular flexibility index (Phi) is 3.55. The van der Waals surface area contributed by atoms with E-state index >= 15 is 0 Å². The fourth-order valence-electron chi connectivity index (χ4n) is 2.75. The molecule has 2 aromatic rings. The zero-order chi connectivity index (χ0) is 13.2. The molecule has 1 N–H and O–H groups in total. The van der Waals surface area contributed by atoms with Gasteiger partial charge in [0.15, 0.2) is 0 Å². The zero-order valence-corrected chi connectivity index (χ0v) is 11.2. The second-order valence-corrected chi connectivity index (χ2v) is 5.08. The van der Waals surface area contributed by atoms with E-state index in [-0.39, 0.29) is 6.04 Å². The topological polar surface area (TPSA) is 37.6 Å². The Hall–Kier alpha value is -1.36. The smallest absolute Gasteiger partial charge is 0.128 e. The van der Waals surface area contributed by atoms with E-state index in [2.05, 4.69) is 40.8 Å². The van der Waals surface area contributed by atoms with Crippen molar-refractivity contribution in [2.45, 2.75) is 19.2 Å². The largest absolute Gasteiger partial charge is 0.379 e. The lowest BCUT2D eigenvalue weighted by Crippen LogP contribution is -2.46. The van der Waals surface area contributed by atoms with Gasteiger partial charge in [-0.15, -0.1) is 0 Å². The molecule has 19 heavy (non-hydrogen) atoms. The Balaban J connectivity index is 1.84. The van der Waals surface area contributed by atoms with Crippen LogP contribution >= 0.6 is 0 Å². The Bertz CT molecular complexity index is 546. The van der Waals surface area contributed by atoms with E-state index in [0.717, 1.165) is 13.1 Å². The normalized spacial score (nSPS) is 20.5. The number of fused-ring (bicyclic) bond motifs is 1. The van der Waals surface area contributed by atoms with Crippen LogP contribution in [0, 0.1) is 0 Å². The molecule has 0 radical (unpaired) electrons. The number of aliphatic hydroxyl groups excluding tert-OH is 1. The van der Waals surface area contributed by atoms with Gasteiger partial charge in [0.05, 0.1) is 19.3 Å². The highest BCUT2D eigenvalue weighted by molar-refractivity contribution is 5.80. The molecule has 2 atom stereocenters. The van der Waals surface area contributed by atoms with Gasteiger partial charge in [0.2, 0.25) is 0 Å². The van der Waals surface area contributed by atoms with Gasteiger partial charge in [-0.3, -0.25) is 4.90 Å². The third-order valence-electron chi connectivity index (χ3n) is 3.92. The predicted molar refractivity (Wildman–Crippen MR) is 75.0 cm³/mol. The van der Waals surface area contributed by atoms with Crippen LogP contribution in [0.5, 0.6) is 0 Å². The van der Waals surface area contributed by atoms with Crippen molar-refractivity contribution in [3.05, 3.63) is 36.5 Å². The van der Waals surface area contributed by atoms with Crippen molar-refractivity contribution in [1.82, 2.24) is 9.47 Å². The van der Waals surface area contributed by atoms with E-state index in [9.17, 15) is 5.11 Å². The molecule has 0 unspecified atom stereocenters. The lowest BCUT2D eigenvalue weighted by atomic mass is 10.2. The molecule has 0 aliphatic carbocycles. The molecule has 3 rings (SSSR count). The molecule has 0 bridgehead atoms. The Morgan fingerprint density at radius 1 is 1.16 bits per heavy atom. The van der Waals surface area contributed by atoms with Crippen LogP contribution in [0.3, 0.4) is 0 Å². The Morgan fingerprint density at radius 2 is 1.89 bits per heavy atom. The summed E-state index contributed by atoms with van der Waals surface area (Å²) < 4.78 is 7.48. The molecule has 1 aliphatic rings. The van der Waals surface area contributed by atoms with Gasteiger partial charge in [-0.2, -0.15) is 0 Å². The minimum atomic E-state index is -0.472. The van der Waals surface area contributed by atoms with Gasteiger partial charge in [0, 0.05) is 24.8 Å². The summed E-state index contributed by atoms with van der Waals surface area (Å²) in [5.41, 5.74) is 1.17. The summed E-state index contributed by atoms with van der Waals surface area (Å²) in [6.45, 7) is 5.06. The van der Waals surface area contributed by atoms with E-state index in [4.69, 9.17) is 4.74 Å². The average molecular weight is 260 g/mol. The molecule has 102 valence electrons. The first-order chi connectivity index (χ1) is 9.27. The van der Waals surface area contributed by atoms with Crippen LogP contribution in [-0.2, 0) is 4.74 Å². The van der Waals surface area contributed by atoms with E-state index in [1.165, 1.54) is 10.9 Å². The van der Waals surface area contributed by atoms with Crippen LogP contribution in [0.25, 0.3) is 10.9 Å². The van der Waals surface area contributed by atoms with Crippen molar-refractivity contribution in [1.29, 1.82) is 0 Å². The maximum Gasteiger partial charge on any atom is 0.128 e. The number of hydrogen-bond donors (Lipinski definition) is 1. The van der Waals surface area contributed by atoms with Crippen molar-refractivity contribution in [3.8, 4) is 0 Å². The predicted octanol–water partition coefficient (Wildman–Crippen LogP) is 1.85. The quantitative estimate of drug-likeness (QED) is 0.915. The lowest BCUT2D eigenvalue weighted by Gasteiger charge is -2.35. The van der Waals surface area contributed by atoms with Crippen LogP contribution in [0.2, 0.25) is 0 Å². The number of nitrogens with zero attached hydrogens (tertiary/aromatic N) is 2. The SMILES string of the molecule is C[C@H]([C@@H](O)N1CCOCC1)n1ccc2ccccc21. The number of rotatable bonds is 3. The number of benzene rings is 1. The summed E-state index contributed by atoms with van der Waals surface area (Å²) in [6.07, 6.45) is 1.58. The zero-order valence-electron chi connectivity index (χ0n) is 11.2. The van der Waals surface area contributed by atoms with E-state index in [0.29, 0.717) is 13.2 Å². The average Bonchev–Trinajstić information content (AvgIpc) is 2.90. The van der Waals surface area contributed by atoms with Gasteiger partial charge < -0.3 is 14.4 Å². The number of morpholine rings is 1. The van der Waals surface area contributed by atoms with Gasteiger partial charge in [0.25, 0.3) is 0 Å². The molecule has 1 fully saturated rings. The number of hydrogen-bond acceptors (Lipinski definition) is 3. The monoisotopic (exact) mass is 260 g/mol. The number of para-hydroxylation sites is 1. The van der Waals surface area contributed by atoms with Crippen molar-refractivity contribution >= 4 is 10.9 Å². The van der Waals surface area contributed by atoms with Gasteiger partial charge >= 0.3 is 0 Å². The first-order valence-electron chi connectivity index (χ1n) is 6.83. The number of aromatic nitrogens is 1. The Labute approximate surface area is 113 Å². The lowest BCUT2D eigenvalue weighted by molar-refractivity contribution is -0.0780. The van der Waals surface area contributed by atoms with Crippen LogP contribution in [0.4, 0.5) is 0 Å². The minimum Gasteiger partial charge on any atom is -0.379 e. The molecule has 1 aromatic heterocycles. The van der Waals surface area contributed by atoms with Crippen molar-refractivity contribution < 1.29 is 9.84 Å². The summed E-state index contributed by atoms with van der Waals surface area (Å²) in [5, 5.41) is 11.7. The first-order valence-corrected chi connectivity index (χ1v) is 6.83. The van der Waals surface area contributed by atoms with Crippen LogP contribution in [0.15, 0.2) is 36.5 Å². The highest BCUT2D eigenvalue weighted by atomic mass is 16.5. The van der Waals surface area contributed by atoms with Crippen LogP contribution in [-0.4, -0.2) is 47.1 Å². The van der Waals surface area contributed by atoms with Crippen LogP contribution < -0.4 is 0 Å². The van der Waals surface area contributed by atoms with Crippen LogP contribution in [0.1, 0.15) is 13.0 Å². The summed E-state index contributed by atoms with van der Waals surface area (Å²) in [7, 11) is 0. The van der Waals surface area contributed by atoms with Crippen molar-refractivity contribution in [3.63, 3.8) is 0 Å². The summed E-state index contributed by atoms with van der Waals surface area (Å²) in [6, 6.07) is 10.4. The van der Waals surface area contributed by atoms with Crippen molar-refractivity contribution in [2.24, 2.45) is 0 Å². The molecular formula is C15H20N2O2. The van der Waals surface area contributed by atoms with Gasteiger partial charge in [-0.25, -0.2) is 0 Å². The highest BCUT2D eigenvalue weighted by Crippen LogP contribution is 2.23. The maximum absolute atomic E-state index is 10.5. The van der Waals surface area contributed by atoms with Gasteiger partial charge in [-0.1, -0.05) is 18.2 Å². The fourth-order valence-corrected chi connectivity index (χ4v) is 2.75. The third kappa shape index (κ3) is 2.39. The fraction of sp³-hybridized carbons (Fsp3) is 0.467. The second-order valence-electron chi connectivity index (χ2n) is 5.08. The molecule has 1 saturated heterocycles. The second kappa shape index (κ2) is 5.33. The standard InChI is InChI=1S/C15H20N2O2/c1-12(15(18)16-8-10-19-11-9-16)17-7-6-13-4-2-3-5-14(13)17/h2-7,12,15,18H,8-11H2,1H3/t12-,15-/m1/s1. The maximum atomic E-state index is 10.5. The molecule has 4 nitrogen and oxygen atoms in total. The van der Waals surface area contributed by atoms with E-state index in [1.54, 1.807) is 0 Å². The summed E-state index contributed by atoms with van der Waals surface area (Å²) in [5.74, 6) is 0. The van der Waals surface area contributed by atoms with E-state index in [1.807, 2.05) is 12.1 Å². The number of aliphatic hydroxyl groups is 1. The molecular weight excluding hydrogens is 240 g/mol. The van der Waals surface area contributed by atoms with Gasteiger partial charge in [0.1, 0.15) is 6.23 Å². The molecule has 1 aromatic carbocycles. The summed E-state index contributed by atoms with van der Waals surface area (Å²) in [4.78, 5) is 2.09. The molecule has 0 saturated carbocycles. The highest BCUT2D eigenvalue weighted by Gasteiger charge is 2.25. The molecule has 1 aliphatic heterocycles. The van der Waals surface area contributed by atoms with Gasteiger partial charge in [-0.05, 0) is 24.4 Å². The summed E-state index contributed by atoms with van der Waals surface area (Å²) >= 11 is 0.